The second-order valence-electron chi connectivity index (χ2n) is 3.37. The standard InChI is InChI=1S/C8H11F3N4OS/c1-14(7(16)8(9,10)11)4-5-3-6(17-12)13-15(5)2/h3H,4,12H2,1-2H3. The molecule has 0 aliphatic rings. The topological polar surface area (TPSA) is 64.2 Å². The van der Waals surface area contributed by atoms with Gasteiger partial charge in [0.25, 0.3) is 0 Å². The average Bonchev–Trinajstić information content (AvgIpc) is 2.57. The lowest BCUT2D eigenvalue weighted by molar-refractivity contribution is -0.184. The van der Waals surface area contributed by atoms with E-state index in [1.165, 1.54) is 10.7 Å². The van der Waals surface area contributed by atoms with Crippen LogP contribution in [0, 0.1) is 0 Å². The molecule has 1 aromatic heterocycles. The number of nitrogens with zero attached hydrogens (tertiary/aromatic N) is 3. The van der Waals surface area contributed by atoms with E-state index in [2.05, 4.69) is 5.10 Å². The van der Waals surface area contributed by atoms with Gasteiger partial charge in [0.2, 0.25) is 0 Å². The van der Waals surface area contributed by atoms with Crippen molar-refractivity contribution in [3.8, 4) is 0 Å². The van der Waals surface area contributed by atoms with Crippen molar-refractivity contribution in [3.63, 3.8) is 0 Å². The molecular weight excluding hydrogens is 257 g/mol. The predicted molar refractivity (Wildman–Crippen MR) is 55.8 cm³/mol. The second kappa shape index (κ2) is 4.96. The minimum atomic E-state index is -4.86. The first-order valence-electron chi connectivity index (χ1n) is 4.47. The number of hydrogen-bond acceptors (Lipinski definition) is 4. The van der Waals surface area contributed by atoms with E-state index in [0.717, 1.165) is 19.0 Å². The number of alkyl halides is 3. The van der Waals surface area contributed by atoms with Crippen molar-refractivity contribution in [2.75, 3.05) is 7.05 Å². The molecule has 17 heavy (non-hydrogen) atoms. The fraction of sp³-hybridized carbons (Fsp3) is 0.500. The molecule has 9 heteroatoms. The molecular formula is C8H11F3N4OS. The number of aromatic nitrogens is 2. The number of hydrogen-bond donors (Lipinski definition) is 1. The molecule has 0 aromatic carbocycles. The number of halogens is 3. The van der Waals surface area contributed by atoms with Crippen LogP contribution in [0.15, 0.2) is 11.1 Å². The summed E-state index contributed by atoms with van der Waals surface area (Å²) in [6.07, 6.45) is -4.86. The van der Waals surface area contributed by atoms with E-state index in [-0.39, 0.29) is 6.54 Å². The number of carbonyl (C=O) groups is 1. The highest BCUT2D eigenvalue weighted by molar-refractivity contribution is 7.97. The number of aryl methyl sites for hydroxylation is 1. The molecule has 0 aliphatic carbocycles. The quantitative estimate of drug-likeness (QED) is 0.827. The largest absolute Gasteiger partial charge is 0.471 e. The van der Waals surface area contributed by atoms with E-state index in [0.29, 0.717) is 15.6 Å². The Labute approximate surface area is 99.9 Å². The SMILES string of the molecule is CN(Cc1cc(SN)nn1C)C(=O)C(F)(F)F. The van der Waals surface area contributed by atoms with E-state index < -0.39 is 12.1 Å². The van der Waals surface area contributed by atoms with Crippen molar-refractivity contribution in [1.29, 1.82) is 0 Å². The summed E-state index contributed by atoms with van der Waals surface area (Å²) in [5.74, 6) is -1.89. The summed E-state index contributed by atoms with van der Waals surface area (Å²) in [7, 11) is 2.65. The maximum absolute atomic E-state index is 12.1. The Morgan fingerprint density at radius 3 is 2.65 bits per heavy atom. The third-order valence-electron chi connectivity index (χ3n) is 2.06. The van der Waals surface area contributed by atoms with Crippen LogP contribution in [0.4, 0.5) is 13.2 Å². The summed E-state index contributed by atoms with van der Waals surface area (Å²) < 4.78 is 37.8. The van der Waals surface area contributed by atoms with Crippen LogP contribution in [-0.2, 0) is 18.4 Å². The molecule has 1 amide bonds. The number of carbonyl (C=O) groups excluding carboxylic acids is 1. The maximum atomic E-state index is 12.1. The highest BCUT2D eigenvalue weighted by Gasteiger charge is 2.41. The van der Waals surface area contributed by atoms with Crippen LogP contribution in [-0.4, -0.2) is 33.8 Å². The van der Waals surface area contributed by atoms with Crippen LogP contribution in [0.1, 0.15) is 5.69 Å². The molecule has 0 atom stereocenters. The Morgan fingerprint density at radius 1 is 1.65 bits per heavy atom. The summed E-state index contributed by atoms with van der Waals surface area (Å²) >= 11 is 0.887. The van der Waals surface area contributed by atoms with Crippen molar-refractivity contribution in [1.82, 2.24) is 14.7 Å². The number of amides is 1. The van der Waals surface area contributed by atoms with Gasteiger partial charge in [0, 0.05) is 14.1 Å². The zero-order valence-corrected chi connectivity index (χ0v) is 9.97. The summed E-state index contributed by atoms with van der Waals surface area (Å²) in [6, 6.07) is 1.53. The third-order valence-corrected chi connectivity index (χ3v) is 2.50. The van der Waals surface area contributed by atoms with Crippen LogP contribution >= 0.6 is 11.9 Å². The zero-order valence-electron chi connectivity index (χ0n) is 9.15. The van der Waals surface area contributed by atoms with Crippen LogP contribution in [0.25, 0.3) is 0 Å². The molecule has 0 fully saturated rings. The first-order valence-corrected chi connectivity index (χ1v) is 5.35. The highest BCUT2D eigenvalue weighted by Crippen LogP contribution is 2.19. The van der Waals surface area contributed by atoms with Crippen LogP contribution in [0.2, 0.25) is 0 Å². The number of nitrogens with two attached hydrogens (primary N) is 1. The molecule has 2 N–H and O–H groups in total. The van der Waals surface area contributed by atoms with Gasteiger partial charge in [0.05, 0.1) is 12.2 Å². The summed E-state index contributed by atoms with van der Waals surface area (Å²) in [4.78, 5) is 11.5. The van der Waals surface area contributed by atoms with Crippen molar-refractivity contribution >= 4 is 17.9 Å². The van der Waals surface area contributed by atoms with Gasteiger partial charge in [-0.05, 0) is 18.0 Å². The van der Waals surface area contributed by atoms with Gasteiger partial charge in [0.1, 0.15) is 5.03 Å². The average molecular weight is 268 g/mol. The van der Waals surface area contributed by atoms with Gasteiger partial charge in [-0.15, -0.1) is 0 Å². The molecule has 1 rings (SSSR count). The Kier molecular flexibility index (Phi) is 4.04. The molecule has 0 radical (unpaired) electrons. The van der Waals surface area contributed by atoms with Crippen molar-refractivity contribution in [2.45, 2.75) is 17.7 Å². The predicted octanol–water partition coefficient (Wildman–Crippen LogP) is 0.907. The molecule has 96 valence electrons. The molecule has 1 aromatic rings. The molecule has 0 saturated heterocycles. The smallest absolute Gasteiger partial charge is 0.332 e. The molecule has 5 nitrogen and oxygen atoms in total. The normalized spacial score (nSPS) is 11.6. The number of rotatable bonds is 3. The molecule has 0 bridgehead atoms. The Morgan fingerprint density at radius 2 is 2.24 bits per heavy atom. The minimum Gasteiger partial charge on any atom is -0.332 e. The fourth-order valence-corrected chi connectivity index (χ4v) is 1.59. The van der Waals surface area contributed by atoms with Gasteiger partial charge in [-0.3, -0.25) is 14.6 Å². The molecule has 1 heterocycles. The van der Waals surface area contributed by atoms with Crippen LogP contribution in [0.3, 0.4) is 0 Å². The first-order chi connectivity index (χ1) is 7.75. The minimum absolute atomic E-state index is 0.178. The second-order valence-corrected chi connectivity index (χ2v) is 4.03. The summed E-state index contributed by atoms with van der Waals surface area (Å²) in [5.41, 5.74) is 0.470. The van der Waals surface area contributed by atoms with E-state index in [1.807, 2.05) is 0 Å². The lowest BCUT2D eigenvalue weighted by Gasteiger charge is -2.18. The van der Waals surface area contributed by atoms with Gasteiger partial charge < -0.3 is 4.90 Å². The van der Waals surface area contributed by atoms with Crippen molar-refractivity contribution in [2.24, 2.45) is 12.2 Å². The third kappa shape index (κ3) is 3.37. The van der Waals surface area contributed by atoms with Crippen LogP contribution < -0.4 is 5.14 Å². The molecule has 0 spiro atoms. The van der Waals surface area contributed by atoms with Gasteiger partial charge >= 0.3 is 12.1 Å². The Hall–Kier alpha value is -1.22. The molecule has 0 saturated carbocycles. The van der Waals surface area contributed by atoms with E-state index in [1.54, 1.807) is 7.05 Å². The molecule has 0 aliphatic heterocycles. The Balaban J connectivity index is 2.77. The van der Waals surface area contributed by atoms with Gasteiger partial charge in [-0.25, -0.2) is 0 Å². The lowest BCUT2D eigenvalue weighted by atomic mass is 10.4. The zero-order chi connectivity index (χ0) is 13.2. The van der Waals surface area contributed by atoms with Gasteiger partial charge in [-0.2, -0.15) is 18.3 Å². The van der Waals surface area contributed by atoms with E-state index >= 15 is 0 Å². The lowest BCUT2D eigenvalue weighted by Crippen LogP contribution is -2.38. The van der Waals surface area contributed by atoms with Gasteiger partial charge in [-0.1, -0.05) is 0 Å². The molecule has 0 unspecified atom stereocenters. The maximum Gasteiger partial charge on any atom is 0.471 e. The van der Waals surface area contributed by atoms with Crippen molar-refractivity contribution < 1.29 is 18.0 Å². The van der Waals surface area contributed by atoms with Crippen LogP contribution in [0.5, 0.6) is 0 Å². The Bertz CT molecular complexity index is 417. The summed E-state index contributed by atoms with van der Waals surface area (Å²) in [6.45, 7) is -0.178. The fourth-order valence-electron chi connectivity index (χ4n) is 1.21. The highest BCUT2D eigenvalue weighted by atomic mass is 32.2. The first kappa shape index (κ1) is 13.8. The monoisotopic (exact) mass is 268 g/mol. The van der Waals surface area contributed by atoms with E-state index in [9.17, 15) is 18.0 Å². The van der Waals surface area contributed by atoms with Crippen molar-refractivity contribution in [3.05, 3.63) is 11.8 Å². The van der Waals surface area contributed by atoms with Gasteiger partial charge in [0.15, 0.2) is 0 Å². The summed E-state index contributed by atoms with van der Waals surface area (Å²) in [5, 5.41) is 9.69. The van der Waals surface area contributed by atoms with E-state index in [4.69, 9.17) is 5.14 Å².